The number of ether oxygens (including phenoxy) is 2. The lowest BCUT2D eigenvalue weighted by Crippen LogP contribution is -2.32. The molecule has 0 amide bonds. The molecule has 90 valence electrons. The fourth-order valence-electron chi connectivity index (χ4n) is 2.15. The van der Waals surface area contributed by atoms with Gasteiger partial charge < -0.3 is 9.47 Å². The maximum absolute atomic E-state index is 8.79. The van der Waals surface area contributed by atoms with Gasteiger partial charge in [-0.1, -0.05) is 0 Å². The van der Waals surface area contributed by atoms with Crippen LogP contribution in [0, 0.1) is 11.3 Å². The molecule has 1 heterocycles. The summed E-state index contributed by atoms with van der Waals surface area (Å²) in [5.74, 6) is 1.63. The summed E-state index contributed by atoms with van der Waals surface area (Å²) in [7, 11) is 1.62. The third kappa shape index (κ3) is 2.36. The van der Waals surface area contributed by atoms with Crippen molar-refractivity contribution >= 4 is 0 Å². The van der Waals surface area contributed by atoms with Crippen molar-refractivity contribution in [1.82, 2.24) is 0 Å². The molecular weight excluding hydrogens is 214 g/mol. The number of aryl methyl sites for hydroxylation is 1. The molecule has 1 aliphatic rings. The largest absolute Gasteiger partial charge is 0.496 e. The van der Waals surface area contributed by atoms with Crippen LogP contribution in [-0.2, 0) is 12.8 Å². The third-order valence-electron chi connectivity index (χ3n) is 3.12. The highest BCUT2D eigenvalue weighted by Crippen LogP contribution is 2.37. The summed E-state index contributed by atoms with van der Waals surface area (Å²) in [6, 6.07) is 6.10. The summed E-state index contributed by atoms with van der Waals surface area (Å²) in [5.41, 5.74) is 2.00. The molecule has 0 spiro atoms. The van der Waals surface area contributed by atoms with Gasteiger partial charge >= 0.3 is 0 Å². The summed E-state index contributed by atoms with van der Waals surface area (Å²) >= 11 is 0. The van der Waals surface area contributed by atoms with Crippen LogP contribution in [0.1, 0.15) is 31.4 Å². The monoisotopic (exact) mass is 231 g/mol. The average molecular weight is 231 g/mol. The van der Waals surface area contributed by atoms with Gasteiger partial charge in [-0.15, -0.1) is 0 Å². The molecule has 0 saturated heterocycles. The number of rotatable bonds is 2. The normalized spacial score (nSPS) is 16.6. The molecule has 1 aliphatic heterocycles. The number of fused-ring (bicyclic) bond motifs is 1. The quantitative estimate of drug-likeness (QED) is 0.786. The highest BCUT2D eigenvalue weighted by molar-refractivity contribution is 5.48. The van der Waals surface area contributed by atoms with Crippen LogP contribution in [0.4, 0.5) is 0 Å². The second kappa shape index (κ2) is 4.29. The van der Waals surface area contributed by atoms with Gasteiger partial charge in [0.25, 0.3) is 0 Å². The van der Waals surface area contributed by atoms with Crippen LogP contribution < -0.4 is 9.47 Å². The lowest BCUT2D eigenvalue weighted by molar-refractivity contribution is 0.0843. The predicted octanol–water partition coefficient (Wildman–Crippen LogP) is 2.86. The van der Waals surface area contributed by atoms with Gasteiger partial charge in [0.15, 0.2) is 0 Å². The average Bonchev–Trinajstić information content (AvgIpc) is 2.28. The SMILES string of the molecule is COc1cc2c(cc1CC#N)CCC(C)(C)O2. The van der Waals surface area contributed by atoms with E-state index in [2.05, 4.69) is 19.9 Å². The fraction of sp³-hybridized carbons (Fsp3) is 0.500. The molecule has 0 aromatic heterocycles. The minimum Gasteiger partial charge on any atom is -0.496 e. The van der Waals surface area contributed by atoms with Crippen LogP contribution in [-0.4, -0.2) is 12.7 Å². The molecule has 2 rings (SSSR count). The second-order valence-electron chi connectivity index (χ2n) is 4.97. The van der Waals surface area contributed by atoms with Crippen molar-refractivity contribution in [1.29, 1.82) is 5.26 Å². The van der Waals surface area contributed by atoms with E-state index in [1.807, 2.05) is 12.1 Å². The van der Waals surface area contributed by atoms with Gasteiger partial charge in [0.05, 0.1) is 19.6 Å². The second-order valence-corrected chi connectivity index (χ2v) is 4.97. The van der Waals surface area contributed by atoms with Crippen LogP contribution in [0.15, 0.2) is 12.1 Å². The van der Waals surface area contributed by atoms with Gasteiger partial charge in [-0.3, -0.25) is 0 Å². The van der Waals surface area contributed by atoms with Crippen LogP contribution >= 0.6 is 0 Å². The molecule has 3 nitrogen and oxygen atoms in total. The van der Waals surface area contributed by atoms with E-state index in [1.54, 1.807) is 7.11 Å². The molecule has 0 fully saturated rings. The summed E-state index contributed by atoms with van der Waals surface area (Å²) < 4.78 is 11.2. The Kier molecular flexibility index (Phi) is 2.97. The Balaban J connectivity index is 2.42. The Morgan fingerprint density at radius 3 is 2.88 bits per heavy atom. The summed E-state index contributed by atoms with van der Waals surface area (Å²) in [5, 5.41) is 8.79. The lowest BCUT2D eigenvalue weighted by Gasteiger charge is -2.33. The van der Waals surface area contributed by atoms with Crippen LogP contribution in [0.25, 0.3) is 0 Å². The third-order valence-corrected chi connectivity index (χ3v) is 3.12. The van der Waals surface area contributed by atoms with Crippen molar-refractivity contribution in [2.75, 3.05) is 7.11 Å². The van der Waals surface area contributed by atoms with E-state index in [1.165, 1.54) is 5.56 Å². The van der Waals surface area contributed by atoms with Gasteiger partial charge in [0.1, 0.15) is 17.1 Å². The summed E-state index contributed by atoms with van der Waals surface area (Å²) in [6.07, 6.45) is 2.36. The van der Waals surface area contributed by atoms with Gasteiger partial charge in [-0.05, 0) is 38.3 Å². The van der Waals surface area contributed by atoms with E-state index in [-0.39, 0.29) is 5.60 Å². The van der Waals surface area contributed by atoms with E-state index < -0.39 is 0 Å². The lowest BCUT2D eigenvalue weighted by atomic mass is 9.92. The van der Waals surface area contributed by atoms with Crippen LogP contribution in [0.5, 0.6) is 11.5 Å². The summed E-state index contributed by atoms with van der Waals surface area (Å²) in [6.45, 7) is 4.18. The van der Waals surface area contributed by atoms with E-state index in [0.717, 1.165) is 29.9 Å². The van der Waals surface area contributed by atoms with Gasteiger partial charge in [-0.2, -0.15) is 5.26 Å². The molecule has 0 radical (unpaired) electrons. The molecule has 0 N–H and O–H groups in total. The minimum absolute atomic E-state index is 0.116. The number of methoxy groups -OCH3 is 1. The van der Waals surface area contributed by atoms with Crippen molar-refractivity contribution in [2.45, 2.75) is 38.7 Å². The van der Waals surface area contributed by atoms with E-state index in [4.69, 9.17) is 14.7 Å². The zero-order valence-electron chi connectivity index (χ0n) is 10.5. The van der Waals surface area contributed by atoms with Crippen molar-refractivity contribution < 1.29 is 9.47 Å². The first-order chi connectivity index (χ1) is 8.05. The predicted molar refractivity (Wildman–Crippen MR) is 65.3 cm³/mol. The first-order valence-electron chi connectivity index (χ1n) is 5.81. The van der Waals surface area contributed by atoms with E-state index in [9.17, 15) is 0 Å². The van der Waals surface area contributed by atoms with E-state index in [0.29, 0.717) is 6.42 Å². The molecule has 0 unspecified atom stereocenters. The number of hydrogen-bond donors (Lipinski definition) is 0. The van der Waals surface area contributed by atoms with Crippen LogP contribution in [0.2, 0.25) is 0 Å². The van der Waals surface area contributed by atoms with E-state index >= 15 is 0 Å². The summed E-state index contributed by atoms with van der Waals surface area (Å²) in [4.78, 5) is 0. The van der Waals surface area contributed by atoms with Gasteiger partial charge in [0, 0.05) is 11.6 Å². The maximum Gasteiger partial charge on any atom is 0.127 e. The van der Waals surface area contributed by atoms with Gasteiger partial charge in [0.2, 0.25) is 0 Å². The molecule has 0 saturated carbocycles. The molecule has 17 heavy (non-hydrogen) atoms. The van der Waals surface area contributed by atoms with Crippen molar-refractivity contribution in [3.8, 4) is 17.6 Å². The molecule has 1 aromatic carbocycles. The van der Waals surface area contributed by atoms with Crippen molar-refractivity contribution in [3.05, 3.63) is 23.3 Å². The fourth-order valence-corrected chi connectivity index (χ4v) is 2.15. The molecule has 0 aliphatic carbocycles. The number of nitrogens with zero attached hydrogens (tertiary/aromatic N) is 1. The maximum atomic E-state index is 8.79. The Bertz CT molecular complexity index is 472. The molecule has 0 atom stereocenters. The topological polar surface area (TPSA) is 42.2 Å². The van der Waals surface area contributed by atoms with Crippen molar-refractivity contribution in [3.63, 3.8) is 0 Å². The van der Waals surface area contributed by atoms with Crippen LogP contribution in [0.3, 0.4) is 0 Å². The van der Waals surface area contributed by atoms with Crippen molar-refractivity contribution in [2.24, 2.45) is 0 Å². The smallest absolute Gasteiger partial charge is 0.127 e. The zero-order valence-corrected chi connectivity index (χ0v) is 10.5. The zero-order chi connectivity index (χ0) is 12.5. The molecule has 3 heteroatoms. The Morgan fingerprint density at radius 1 is 1.47 bits per heavy atom. The highest BCUT2D eigenvalue weighted by Gasteiger charge is 2.27. The molecule has 0 bridgehead atoms. The molecule has 1 aromatic rings. The number of nitriles is 1. The number of hydrogen-bond acceptors (Lipinski definition) is 3. The first-order valence-corrected chi connectivity index (χ1v) is 5.81. The highest BCUT2D eigenvalue weighted by atomic mass is 16.5. The number of benzene rings is 1. The first kappa shape index (κ1) is 11.8. The Labute approximate surface area is 102 Å². The van der Waals surface area contributed by atoms with Gasteiger partial charge in [-0.25, -0.2) is 0 Å². The minimum atomic E-state index is -0.116. The Morgan fingerprint density at radius 2 is 2.24 bits per heavy atom. The standard InChI is InChI=1S/C14H17NO2/c1-14(2)6-4-10-8-11(5-7-15)12(16-3)9-13(10)17-14/h8-9H,4-6H2,1-3H3. The molecular formula is C14H17NO2. The Hall–Kier alpha value is -1.69.